The minimum absolute atomic E-state index is 0.0459. The lowest BCUT2D eigenvalue weighted by Gasteiger charge is -2.19. The average molecular weight is 480 g/mol. The van der Waals surface area contributed by atoms with Gasteiger partial charge in [0.25, 0.3) is 0 Å². The molecule has 3 aromatic rings. The van der Waals surface area contributed by atoms with E-state index >= 15 is 0 Å². The van der Waals surface area contributed by atoms with E-state index in [2.05, 4.69) is 10.6 Å². The highest BCUT2D eigenvalue weighted by Gasteiger charge is 2.30. The van der Waals surface area contributed by atoms with Gasteiger partial charge in [-0.2, -0.15) is 0 Å². The zero-order valence-corrected chi connectivity index (χ0v) is 18.7. The maximum atomic E-state index is 13.6. The summed E-state index contributed by atoms with van der Waals surface area (Å²) in [7, 11) is 0. The largest absolute Gasteiger partial charge is 0.478 e. The molecule has 0 aliphatic heterocycles. The molecule has 9 heteroatoms. The maximum absolute atomic E-state index is 13.6. The Hall–Kier alpha value is -4.27. The first kappa shape index (κ1) is 23.9. The summed E-state index contributed by atoms with van der Waals surface area (Å²) in [4.78, 5) is 36.5. The minimum Gasteiger partial charge on any atom is -0.478 e. The van der Waals surface area contributed by atoms with Crippen molar-refractivity contribution in [3.8, 4) is 11.1 Å². The summed E-state index contributed by atoms with van der Waals surface area (Å²) in [6.45, 7) is 1.67. The molecule has 0 radical (unpaired) electrons. The van der Waals surface area contributed by atoms with E-state index in [1.165, 1.54) is 0 Å². The summed E-state index contributed by atoms with van der Waals surface area (Å²) in [5, 5.41) is 13.9. The zero-order chi connectivity index (χ0) is 25.1. The molecular weight excluding hydrogens is 458 g/mol. The highest BCUT2D eigenvalue weighted by molar-refractivity contribution is 6.02. The van der Waals surface area contributed by atoms with Gasteiger partial charge in [0.2, 0.25) is 5.91 Å². The van der Waals surface area contributed by atoms with Gasteiger partial charge in [-0.05, 0) is 34.7 Å². The third-order valence-corrected chi connectivity index (χ3v) is 5.91. The van der Waals surface area contributed by atoms with Gasteiger partial charge >= 0.3 is 12.1 Å². The number of carbonyl (C=O) groups excluding carboxylic acids is 2. The third kappa shape index (κ3) is 4.84. The number of alkyl carbamates (subject to hydrolysis) is 1. The number of benzene rings is 3. The number of fused-ring (bicyclic) bond motifs is 3. The van der Waals surface area contributed by atoms with E-state index < -0.39 is 46.9 Å². The van der Waals surface area contributed by atoms with Gasteiger partial charge in [-0.15, -0.1) is 0 Å². The number of carboxylic acids is 1. The number of hydrogen-bond acceptors (Lipinski definition) is 4. The Balaban J connectivity index is 1.42. The summed E-state index contributed by atoms with van der Waals surface area (Å²) in [6.07, 6.45) is -0.695. The first-order valence-corrected chi connectivity index (χ1v) is 10.9. The van der Waals surface area contributed by atoms with E-state index in [0.717, 1.165) is 22.3 Å². The molecule has 4 rings (SSSR count). The van der Waals surface area contributed by atoms with E-state index in [0.29, 0.717) is 12.1 Å². The van der Waals surface area contributed by atoms with Gasteiger partial charge in [-0.3, -0.25) is 4.79 Å². The SMILES string of the molecule is CC[C@H](NC(=O)OCC1c2ccccc2-c2ccccc21)C(=O)Nc1cc(F)c(F)cc1C(=O)O. The van der Waals surface area contributed by atoms with Gasteiger partial charge in [0, 0.05) is 12.0 Å². The van der Waals surface area contributed by atoms with Crippen LogP contribution in [0.25, 0.3) is 11.1 Å². The number of anilines is 1. The second kappa shape index (κ2) is 9.92. The predicted molar refractivity (Wildman–Crippen MR) is 124 cm³/mol. The van der Waals surface area contributed by atoms with Crippen LogP contribution in [-0.4, -0.2) is 35.7 Å². The molecule has 35 heavy (non-hydrogen) atoms. The number of ether oxygens (including phenoxy) is 1. The van der Waals surface area contributed by atoms with Gasteiger partial charge in [0.05, 0.1) is 11.3 Å². The number of carboxylic acid groups (broad SMARTS) is 1. The molecule has 2 amide bonds. The molecule has 1 aliphatic rings. The smallest absolute Gasteiger partial charge is 0.407 e. The monoisotopic (exact) mass is 480 g/mol. The number of nitrogens with one attached hydrogen (secondary N) is 2. The van der Waals surface area contributed by atoms with Crippen molar-refractivity contribution in [2.24, 2.45) is 0 Å². The van der Waals surface area contributed by atoms with Crippen LogP contribution in [-0.2, 0) is 9.53 Å². The lowest BCUT2D eigenvalue weighted by molar-refractivity contribution is -0.118. The van der Waals surface area contributed by atoms with Crippen LogP contribution in [0.1, 0.15) is 40.7 Å². The molecule has 0 unspecified atom stereocenters. The van der Waals surface area contributed by atoms with Crippen molar-refractivity contribution >= 4 is 23.7 Å². The third-order valence-electron chi connectivity index (χ3n) is 5.91. The van der Waals surface area contributed by atoms with Crippen LogP contribution >= 0.6 is 0 Å². The molecule has 3 N–H and O–H groups in total. The number of halogens is 2. The zero-order valence-electron chi connectivity index (χ0n) is 18.7. The van der Waals surface area contributed by atoms with Crippen LogP contribution in [0.2, 0.25) is 0 Å². The molecule has 0 aromatic heterocycles. The fourth-order valence-corrected chi connectivity index (χ4v) is 4.18. The standard InChI is InChI=1S/C26H22F2N2O5/c1-2-22(24(31)29-23-12-21(28)20(27)11-18(23)25(32)33)30-26(34)35-13-19-16-9-5-3-7-14(16)15-8-4-6-10-17(15)19/h3-12,19,22H,2,13H2,1H3,(H,29,31)(H,30,34)(H,32,33)/t22-/m0/s1. The number of hydrogen-bond donors (Lipinski definition) is 3. The van der Waals surface area contributed by atoms with Gasteiger partial charge in [-0.1, -0.05) is 55.5 Å². The Morgan fingerprint density at radius 3 is 2.11 bits per heavy atom. The summed E-state index contributed by atoms with van der Waals surface area (Å²) in [6, 6.07) is 15.7. The van der Waals surface area contributed by atoms with Crippen LogP contribution in [0.15, 0.2) is 60.7 Å². The van der Waals surface area contributed by atoms with Crippen molar-refractivity contribution in [1.29, 1.82) is 0 Å². The lowest BCUT2D eigenvalue weighted by Crippen LogP contribution is -2.44. The number of aromatic carboxylic acids is 1. The molecule has 180 valence electrons. The molecule has 0 saturated heterocycles. The number of rotatable bonds is 7. The maximum Gasteiger partial charge on any atom is 0.407 e. The Kier molecular flexibility index (Phi) is 6.77. The summed E-state index contributed by atoms with van der Waals surface area (Å²) >= 11 is 0. The Bertz CT molecular complexity index is 1270. The van der Waals surface area contributed by atoms with Crippen molar-refractivity contribution in [3.63, 3.8) is 0 Å². The second-order valence-electron chi connectivity index (χ2n) is 8.04. The van der Waals surface area contributed by atoms with Crippen LogP contribution in [0.3, 0.4) is 0 Å². The van der Waals surface area contributed by atoms with Gasteiger partial charge < -0.3 is 20.5 Å². The van der Waals surface area contributed by atoms with E-state index in [4.69, 9.17) is 4.74 Å². The highest BCUT2D eigenvalue weighted by atomic mass is 19.2. The van der Waals surface area contributed by atoms with Gasteiger partial charge in [-0.25, -0.2) is 18.4 Å². The Morgan fingerprint density at radius 2 is 1.54 bits per heavy atom. The topological polar surface area (TPSA) is 105 Å². The van der Waals surface area contributed by atoms with Crippen molar-refractivity contribution in [2.75, 3.05) is 11.9 Å². The summed E-state index contributed by atoms with van der Waals surface area (Å²) < 4.78 is 32.5. The predicted octanol–water partition coefficient (Wildman–Crippen LogP) is 4.92. The molecule has 0 spiro atoms. The van der Waals surface area contributed by atoms with Crippen LogP contribution in [0.5, 0.6) is 0 Å². The van der Waals surface area contributed by atoms with Crippen molar-refractivity contribution in [2.45, 2.75) is 25.3 Å². The average Bonchev–Trinajstić information content (AvgIpc) is 3.16. The molecule has 1 aliphatic carbocycles. The first-order chi connectivity index (χ1) is 16.8. The van der Waals surface area contributed by atoms with Crippen LogP contribution < -0.4 is 10.6 Å². The van der Waals surface area contributed by atoms with E-state index in [9.17, 15) is 28.3 Å². The lowest BCUT2D eigenvalue weighted by atomic mass is 9.98. The molecule has 1 atom stereocenters. The summed E-state index contributed by atoms with van der Waals surface area (Å²) in [5.41, 5.74) is 3.17. The van der Waals surface area contributed by atoms with Gasteiger partial charge in [0.15, 0.2) is 11.6 Å². The molecule has 0 fully saturated rings. The normalized spacial score (nSPS) is 12.9. The number of carbonyl (C=O) groups is 3. The fraction of sp³-hybridized carbons (Fsp3) is 0.192. The molecule has 0 heterocycles. The fourth-order valence-electron chi connectivity index (χ4n) is 4.18. The molecule has 7 nitrogen and oxygen atoms in total. The van der Waals surface area contributed by atoms with Gasteiger partial charge in [0.1, 0.15) is 12.6 Å². The molecular formula is C26H22F2N2O5. The Morgan fingerprint density at radius 1 is 0.971 bits per heavy atom. The van der Waals surface area contributed by atoms with Crippen LogP contribution in [0.4, 0.5) is 19.3 Å². The quantitative estimate of drug-likeness (QED) is 0.445. The summed E-state index contributed by atoms with van der Waals surface area (Å²) in [5.74, 6) is -5.18. The van der Waals surface area contributed by atoms with E-state index in [1.807, 2.05) is 48.5 Å². The Labute approximate surface area is 199 Å². The molecule has 0 saturated carbocycles. The second-order valence-corrected chi connectivity index (χ2v) is 8.04. The minimum atomic E-state index is -1.54. The molecule has 3 aromatic carbocycles. The van der Waals surface area contributed by atoms with E-state index in [-0.39, 0.29) is 18.9 Å². The van der Waals surface area contributed by atoms with Crippen LogP contribution in [0, 0.1) is 11.6 Å². The highest BCUT2D eigenvalue weighted by Crippen LogP contribution is 2.44. The molecule has 0 bridgehead atoms. The first-order valence-electron chi connectivity index (χ1n) is 10.9. The number of amides is 2. The van der Waals surface area contributed by atoms with Crippen molar-refractivity contribution in [1.82, 2.24) is 5.32 Å². The van der Waals surface area contributed by atoms with Crippen molar-refractivity contribution in [3.05, 3.63) is 89.0 Å². The van der Waals surface area contributed by atoms with Crippen molar-refractivity contribution < 1.29 is 33.0 Å². The van der Waals surface area contributed by atoms with E-state index in [1.54, 1.807) is 6.92 Å².